The fraction of sp³-hybridized carbons (Fsp3) is 0.263. The Morgan fingerprint density at radius 2 is 2.31 bits per heavy atom. The number of halogens is 1. The van der Waals surface area contributed by atoms with Gasteiger partial charge in [-0.2, -0.15) is 5.10 Å². The molecule has 0 fully saturated rings. The van der Waals surface area contributed by atoms with Crippen molar-refractivity contribution in [2.75, 3.05) is 6.54 Å². The molecule has 9 nitrogen and oxygen atoms in total. The topological polar surface area (TPSA) is 113 Å². The van der Waals surface area contributed by atoms with Gasteiger partial charge in [-0.05, 0) is 41.1 Å². The molecule has 0 aromatic carbocycles. The van der Waals surface area contributed by atoms with Crippen LogP contribution in [0.2, 0.25) is 0 Å². The summed E-state index contributed by atoms with van der Waals surface area (Å²) in [5.41, 5.74) is 3.38. The molecular weight excluding hydrogens is 440 g/mol. The second-order valence-corrected chi connectivity index (χ2v) is 7.66. The molecule has 4 aromatic rings. The Bertz CT molecular complexity index is 1180. The third-order valence-electron chi connectivity index (χ3n) is 5.01. The molecular formula is C19H17BrN6O3. The first kappa shape index (κ1) is 18.1. The number of carbonyl (C=O) groups excluding carboxylic acids is 1. The van der Waals surface area contributed by atoms with Crippen LogP contribution in [0.25, 0.3) is 5.52 Å². The van der Waals surface area contributed by atoms with E-state index in [9.17, 15) is 9.90 Å². The number of hydrogen-bond acceptors (Lipinski definition) is 6. The zero-order valence-corrected chi connectivity index (χ0v) is 17.0. The SMILES string of the molecule is CC(O)c1nc(Br)c(C(=O)N2CCc3[nH]cnc3[C@H]2c2cc3ccccn3n2)o1. The van der Waals surface area contributed by atoms with E-state index >= 15 is 0 Å². The van der Waals surface area contributed by atoms with Gasteiger partial charge >= 0.3 is 0 Å². The molecule has 1 aliphatic rings. The lowest BCUT2D eigenvalue weighted by Crippen LogP contribution is -2.41. The number of amides is 1. The molecule has 0 saturated carbocycles. The van der Waals surface area contributed by atoms with E-state index in [4.69, 9.17) is 4.42 Å². The van der Waals surface area contributed by atoms with E-state index in [1.165, 1.54) is 6.92 Å². The number of H-pyrrole nitrogens is 1. The Balaban J connectivity index is 1.60. The fourth-order valence-corrected chi connectivity index (χ4v) is 4.07. The summed E-state index contributed by atoms with van der Waals surface area (Å²) in [4.78, 5) is 26.8. The van der Waals surface area contributed by atoms with Crippen molar-refractivity contribution in [3.63, 3.8) is 0 Å². The average molecular weight is 457 g/mol. The minimum absolute atomic E-state index is 0.0497. The summed E-state index contributed by atoms with van der Waals surface area (Å²) in [5, 5.41) is 14.4. The molecule has 5 heterocycles. The minimum Gasteiger partial charge on any atom is -0.431 e. The molecule has 148 valence electrons. The van der Waals surface area contributed by atoms with Gasteiger partial charge in [0, 0.05) is 24.9 Å². The first-order valence-electron chi connectivity index (χ1n) is 9.14. The van der Waals surface area contributed by atoms with Crippen LogP contribution in [0.15, 0.2) is 45.8 Å². The van der Waals surface area contributed by atoms with E-state index in [0.717, 1.165) is 16.9 Å². The first-order chi connectivity index (χ1) is 14.0. The second-order valence-electron chi connectivity index (χ2n) is 6.90. The van der Waals surface area contributed by atoms with Gasteiger partial charge in [-0.15, -0.1) is 0 Å². The molecule has 4 aromatic heterocycles. The molecule has 0 radical (unpaired) electrons. The predicted molar refractivity (Wildman–Crippen MR) is 105 cm³/mol. The Morgan fingerprint density at radius 1 is 1.45 bits per heavy atom. The number of pyridine rings is 1. The van der Waals surface area contributed by atoms with E-state index in [0.29, 0.717) is 18.7 Å². The number of nitrogens with zero attached hydrogens (tertiary/aromatic N) is 5. The van der Waals surface area contributed by atoms with Crippen LogP contribution in [0.4, 0.5) is 0 Å². The number of aliphatic hydroxyl groups excluding tert-OH is 1. The van der Waals surface area contributed by atoms with Crippen LogP contribution >= 0.6 is 15.9 Å². The van der Waals surface area contributed by atoms with Crippen LogP contribution in [0, 0.1) is 0 Å². The monoisotopic (exact) mass is 456 g/mol. The Labute approximate surface area is 173 Å². The van der Waals surface area contributed by atoms with Gasteiger partial charge in [-0.25, -0.2) is 14.5 Å². The van der Waals surface area contributed by atoms with E-state index in [-0.39, 0.29) is 22.2 Å². The molecule has 29 heavy (non-hydrogen) atoms. The van der Waals surface area contributed by atoms with Crippen LogP contribution < -0.4 is 0 Å². The van der Waals surface area contributed by atoms with Gasteiger partial charge < -0.3 is 19.4 Å². The van der Waals surface area contributed by atoms with E-state index in [1.807, 2.05) is 30.5 Å². The highest BCUT2D eigenvalue weighted by atomic mass is 79.9. The number of carbonyl (C=O) groups is 1. The number of oxazole rings is 1. The van der Waals surface area contributed by atoms with Crippen LogP contribution in [0.1, 0.15) is 52.6 Å². The van der Waals surface area contributed by atoms with Crippen molar-refractivity contribution in [2.24, 2.45) is 0 Å². The molecule has 10 heteroatoms. The van der Waals surface area contributed by atoms with Gasteiger partial charge in [-0.1, -0.05) is 6.07 Å². The van der Waals surface area contributed by atoms with Crippen molar-refractivity contribution in [3.05, 3.63) is 70.1 Å². The molecule has 0 spiro atoms. The third kappa shape index (κ3) is 2.95. The first-order valence-corrected chi connectivity index (χ1v) is 9.94. The summed E-state index contributed by atoms with van der Waals surface area (Å²) >= 11 is 3.28. The average Bonchev–Trinajstić information content (AvgIpc) is 3.43. The molecule has 1 aliphatic heterocycles. The number of imidazole rings is 1. The summed E-state index contributed by atoms with van der Waals surface area (Å²) in [5.74, 6) is -0.206. The minimum atomic E-state index is -0.915. The number of rotatable bonds is 3. The maximum Gasteiger partial charge on any atom is 0.293 e. The largest absolute Gasteiger partial charge is 0.431 e. The summed E-state index contributed by atoms with van der Waals surface area (Å²) in [7, 11) is 0. The van der Waals surface area contributed by atoms with Gasteiger partial charge in [0.05, 0.1) is 23.2 Å². The van der Waals surface area contributed by atoms with E-state index < -0.39 is 12.1 Å². The lowest BCUT2D eigenvalue weighted by molar-refractivity contribution is 0.0644. The summed E-state index contributed by atoms with van der Waals surface area (Å²) in [6.07, 6.45) is 3.22. The number of hydrogen-bond donors (Lipinski definition) is 2. The Kier molecular flexibility index (Phi) is 4.25. The number of nitrogens with one attached hydrogen (secondary N) is 1. The number of aromatic amines is 1. The molecule has 0 saturated heterocycles. The van der Waals surface area contributed by atoms with E-state index in [2.05, 4.69) is 36.0 Å². The van der Waals surface area contributed by atoms with Crippen molar-refractivity contribution >= 4 is 27.4 Å². The molecule has 2 atom stereocenters. The standard InChI is InChI=1S/C19H17BrN6O3/c1-10(27)18-23-17(20)16(29-18)19(28)25-7-5-12-14(22-9-21-12)15(25)13-8-11-4-2-3-6-26(11)24-13/h2-4,6,8-10,15,27H,5,7H2,1H3,(H,21,22)/t10?,15-/m1/s1. The quantitative estimate of drug-likeness (QED) is 0.489. The van der Waals surface area contributed by atoms with Gasteiger partial charge in [0.15, 0.2) is 4.60 Å². The zero-order valence-electron chi connectivity index (χ0n) is 15.4. The number of fused-ring (bicyclic) bond motifs is 2. The maximum atomic E-state index is 13.4. The Morgan fingerprint density at radius 3 is 3.07 bits per heavy atom. The molecule has 0 bridgehead atoms. The normalized spacial score (nSPS) is 17.5. The Hall–Kier alpha value is -2.98. The van der Waals surface area contributed by atoms with Crippen molar-refractivity contribution in [1.82, 2.24) is 29.5 Å². The van der Waals surface area contributed by atoms with Crippen molar-refractivity contribution < 1.29 is 14.3 Å². The highest BCUT2D eigenvalue weighted by molar-refractivity contribution is 9.10. The number of aliphatic hydroxyl groups is 1. The highest BCUT2D eigenvalue weighted by Gasteiger charge is 2.38. The summed E-state index contributed by atoms with van der Waals surface area (Å²) in [6.45, 7) is 1.99. The predicted octanol–water partition coefficient (Wildman–Crippen LogP) is 2.65. The van der Waals surface area contributed by atoms with E-state index in [1.54, 1.807) is 15.7 Å². The fourth-order valence-electron chi connectivity index (χ4n) is 3.64. The maximum absolute atomic E-state index is 13.4. The van der Waals surface area contributed by atoms with Crippen LogP contribution in [-0.2, 0) is 6.42 Å². The van der Waals surface area contributed by atoms with Crippen LogP contribution in [0.3, 0.4) is 0 Å². The highest BCUT2D eigenvalue weighted by Crippen LogP contribution is 2.35. The third-order valence-corrected chi connectivity index (χ3v) is 5.55. The van der Waals surface area contributed by atoms with Gasteiger partial charge in [0.1, 0.15) is 12.1 Å². The molecule has 1 unspecified atom stereocenters. The lowest BCUT2D eigenvalue weighted by atomic mass is 9.99. The lowest BCUT2D eigenvalue weighted by Gasteiger charge is -2.33. The molecule has 2 N–H and O–H groups in total. The second kappa shape index (κ2) is 6.82. The smallest absolute Gasteiger partial charge is 0.293 e. The summed E-state index contributed by atoms with van der Waals surface area (Å²) < 4.78 is 7.59. The van der Waals surface area contributed by atoms with Crippen molar-refractivity contribution in [3.8, 4) is 0 Å². The van der Waals surface area contributed by atoms with Crippen molar-refractivity contribution in [2.45, 2.75) is 25.5 Å². The molecule has 0 aliphatic carbocycles. The van der Waals surface area contributed by atoms with Gasteiger partial charge in [0.25, 0.3) is 5.91 Å². The van der Waals surface area contributed by atoms with Crippen LogP contribution in [0.5, 0.6) is 0 Å². The van der Waals surface area contributed by atoms with Crippen LogP contribution in [-0.4, -0.2) is 47.0 Å². The van der Waals surface area contributed by atoms with Crippen molar-refractivity contribution in [1.29, 1.82) is 0 Å². The van der Waals surface area contributed by atoms with Gasteiger partial charge in [-0.3, -0.25) is 4.79 Å². The van der Waals surface area contributed by atoms with Gasteiger partial charge in [0.2, 0.25) is 11.7 Å². The zero-order chi connectivity index (χ0) is 20.1. The molecule has 1 amide bonds. The number of aromatic nitrogens is 5. The molecule has 5 rings (SSSR count). The summed E-state index contributed by atoms with van der Waals surface area (Å²) in [6, 6.07) is 7.28.